The van der Waals surface area contributed by atoms with Crippen LogP contribution < -0.4 is 5.56 Å². The topological polar surface area (TPSA) is 47.8 Å². The van der Waals surface area contributed by atoms with Crippen LogP contribution in [0.5, 0.6) is 0 Å². The smallest absolute Gasteiger partial charge is 0.268 e. The highest BCUT2D eigenvalue weighted by molar-refractivity contribution is 5.62. The zero-order valence-corrected chi connectivity index (χ0v) is 11.0. The molecule has 0 atom stereocenters. The Morgan fingerprint density at radius 2 is 2.11 bits per heavy atom. The van der Waals surface area contributed by atoms with Crippen LogP contribution in [0.3, 0.4) is 0 Å². The summed E-state index contributed by atoms with van der Waals surface area (Å²) in [5.74, 6) is 0. The van der Waals surface area contributed by atoms with Gasteiger partial charge >= 0.3 is 0 Å². The molecule has 0 spiro atoms. The summed E-state index contributed by atoms with van der Waals surface area (Å²) in [6.07, 6.45) is 4.51. The summed E-state index contributed by atoms with van der Waals surface area (Å²) in [5, 5.41) is 4.41. The molecule has 4 heteroatoms. The van der Waals surface area contributed by atoms with Gasteiger partial charge in [0.1, 0.15) is 0 Å². The van der Waals surface area contributed by atoms with Gasteiger partial charge in [-0.2, -0.15) is 5.10 Å². The Bertz CT molecular complexity index is 617. The molecule has 0 aliphatic heterocycles. The largest absolute Gasteiger partial charge is 0.269 e. The lowest BCUT2D eigenvalue weighted by Crippen LogP contribution is -2.24. The van der Waals surface area contributed by atoms with Gasteiger partial charge in [-0.15, -0.1) is 0 Å². The van der Waals surface area contributed by atoms with E-state index in [2.05, 4.69) is 17.0 Å². The zero-order valence-electron chi connectivity index (χ0n) is 11.0. The minimum Gasteiger partial charge on any atom is -0.268 e. The standard InChI is InChI=1S/C14H17N3O/c1-4-11-9-15-7-6-12(11)13-8-10(3)14(18)17(5-2)16-13/h6-9H,4-5H2,1-3H3. The normalized spacial score (nSPS) is 10.6. The summed E-state index contributed by atoms with van der Waals surface area (Å²) in [4.78, 5) is 16.0. The van der Waals surface area contributed by atoms with Crippen molar-refractivity contribution in [3.05, 3.63) is 46.0 Å². The Labute approximate surface area is 106 Å². The average Bonchev–Trinajstić information content (AvgIpc) is 2.41. The predicted molar refractivity (Wildman–Crippen MR) is 71.5 cm³/mol. The van der Waals surface area contributed by atoms with Crippen LogP contribution in [-0.2, 0) is 13.0 Å². The third-order valence-corrected chi connectivity index (χ3v) is 3.01. The summed E-state index contributed by atoms with van der Waals surface area (Å²) < 4.78 is 1.50. The van der Waals surface area contributed by atoms with E-state index in [1.165, 1.54) is 4.68 Å². The molecule has 2 aromatic heterocycles. The van der Waals surface area contributed by atoms with Crippen LogP contribution in [0, 0.1) is 6.92 Å². The van der Waals surface area contributed by atoms with Gasteiger partial charge in [-0.25, -0.2) is 4.68 Å². The van der Waals surface area contributed by atoms with Crippen LogP contribution in [0.25, 0.3) is 11.3 Å². The fourth-order valence-corrected chi connectivity index (χ4v) is 1.98. The maximum atomic E-state index is 11.8. The van der Waals surface area contributed by atoms with Crippen LogP contribution in [0.2, 0.25) is 0 Å². The highest BCUT2D eigenvalue weighted by Gasteiger charge is 2.09. The molecule has 0 amide bonds. The molecule has 0 radical (unpaired) electrons. The fraction of sp³-hybridized carbons (Fsp3) is 0.357. The first-order valence-corrected chi connectivity index (χ1v) is 6.19. The number of rotatable bonds is 3. The third kappa shape index (κ3) is 2.18. The number of hydrogen-bond donors (Lipinski definition) is 0. The molecule has 0 fully saturated rings. The second kappa shape index (κ2) is 5.12. The van der Waals surface area contributed by atoms with Crippen molar-refractivity contribution in [2.24, 2.45) is 0 Å². The molecule has 0 saturated heterocycles. The van der Waals surface area contributed by atoms with Crippen molar-refractivity contribution in [1.29, 1.82) is 0 Å². The van der Waals surface area contributed by atoms with Crippen LogP contribution in [-0.4, -0.2) is 14.8 Å². The Kier molecular flexibility index (Phi) is 3.55. The van der Waals surface area contributed by atoms with E-state index in [1.54, 1.807) is 6.20 Å². The highest BCUT2D eigenvalue weighted by Crippen LogP contribution is 2.20. The summed E-state index contributed by atoms with van der Waals surface area (Å²) in [6, 6.07) is 3.80. The van der Waals surface area contributed by atoms with E-state index in [0.29, 0.717) is 6.54 Å². The Balaban J connectivity index is 2.64. The van der Waals surface area contributed by atoms with Gasteiger partial charge in [0, 0.05) is 30.1 Å². The van der Waals surface area contributed by atoms with Crippen molar-refractivity contribution in [2.75, 3.05) is 0 Å². The lowest BCUT2D eigenvalue weighted by Gasteiger charge is -2.09. The highest BCUT2D eigenvalue weighted by atomic mass is 16.1. The number of nitrogens with zero attached hydrogens (tertiary/aromatic N) is 3. The molecule has 18 heavy (non-hydrogen) atoms. The second-order valence-corrected chi connectivity index (χ2v) is 4.22. The lowest BCUT2D eigenvalue weighted by molar-refractivity contribution is 0.614. The first-order chi connectivity index (χ1) is 8.67. The van der Waals surface area contributed by atoms with Crippen molar-refractivity contribution in [1.82, 2.24) is 14.8 Å². The van der Waals surface area contributed by atoms with Crippen molar-refractivity contribution in [2.45, 2.75) is 33.7 Å². The molecular weight excluding hydrogens is 226 g/mol. The van der Waals surface area contributed by atoms with E-state index in [-0.39, 0.29) is 5.56 Å². The van der Waals surface area contributed by atoms with Crippen molar-refractivity contribution in [3.8, 4) is 11.3 Å². The van der Waals surface area contributed by atoms with Crippen LogP contribution in [0.1, 0.15) is 25.0 Å². The van der Waals surface area contributed by atoms with Gasteiger partial charge in [0.2, 0.25) is 0 Å². The molecule has 4 nitrogen and oxygen atoms in total. The quantitative estimate of drug-likeness (QED) is 0.830. The lowest BCUT2D eigenvalue weighted by atomic mass is 10.0. The van der Waals surface area contributed by atoms with Crippen LogP contribution in [0.4, 0.5) is 0 Å². The summed E-state index contributed by atoms with van der Waals surface area (Å²) >= 11 is 0. The van der Waals surface area contributed by atoms with E-state index in [4.69, 9.17) is 0 Å². The summed E-state index contributed by atoms with van der Waals surface area (Å²) in [7, 11) is 0. The second-order valence-electron chi connectivity index (χ2n) is 4.22. The Morgan fingerprint density at radius 3 is 2.78 bits per heavy atom. The third-order valence-electron chi connectivity index (χ3n) is 3.01. The molecule has 0 aliphatic carbocycles. The van der Waals surface area contributed by atoms with Crippen molar-refractivity contribution in [3.63, 3.8) is 0 Å². The van der Waals surface area contributed by atoms with Gasteiger partial charge in [-0.1, -0.05) is 6.92 Å². The molecule has 2 rings (SSSR count). The molecule has 0 aliphatic rings. The number of pyridine rings is 1. The van der Waals surface area contributed by atoms with Gasteiger partial charge in [0.25, 0.3) is 5.56 Å². The number of aromatic nitrogens is 3. The van der Waals surface area contributed by atoms with Gasteiger partial charge in [0.05, 0.1) is 5.69 Å². The van der Waals surface area contributed by atoms with E-state index in [9.17, 15) is 4.79 Å². The van der Waals surface area contributed by atoms with E-state index >= 15 is 0 Å². The molecule has 0 saturated carbocycles. The van der Waals surface area contributed by atoms with E-state index < -0.39 is 0 Å². The first kappa shape index (κ1) is 12.5. The Morgan fingerprint density at radius 1 is 1.33 bits per heavy atom. The van der Waals surface area contributed by atoms with E-state index in [1.807, 2.05) is 32.2 Å². The van der Waals surface area contributed by atoms with Crippen LogP contribution in [0.15, 0.2) is 29.3 Å². The molecule has 0 N–H and O–H groups in total. The van der Waals surface area contributed by atoms with Gasteiger partial charge in [-0.05, 0) is 38.0 Å². The first-order valence-electron chi connectivity index (χ1n) is 6.19. The van der Waals surface area contributed by atoms with Gasteiger partial charge < -0.3 is 0 Å². The Hall–Kier alpha value is -1.97. The number of aryl methyl sites for hydroxylation is 3. The average molecular weight is 243 g/mol. The minimum atomic E-state index is -0.0200. The molecule has 0 bridgehead atoms. The summed E-state index contributed by atoms with van der Waals surface area (Å²) in [6.45, 7) is 6.42. The molecule has 2 heterocycles. The SMILES string of the molecule is CCc1cnccc1-c1cc(C)c(=O)n(CC)n1. The number of hydrogen-bond acceptors (Lipinski definition) is 3. The fourth-order valence-electron chi connectivity index (χ4n) is 1.98. The summed E-state index contributed by atoms with van der Waals surface area (Å²) in [5.41, 5.74) is 3.74. The zero-order chi connectivity index (χ0) is 13.1. The molecular formula is C14H17N3O. The predicted octanol–water partition coefficient (Wildman–Crippen LogP) is 2.20. The molecule has 94 valence electrons. The van der Waals surface area contributed by atoms with E-state index in [0.717, 1.165) is 28.8 Å². The molecule has 0 unspecified atom stereocenters. The maximum absolute atomic E-state index is 11.8. The maximum Gasteiger partial charge on any atom is 0.269 e. The van der Waals surface area contributed by atoms with Crippen molar-refractivity contribution >= 4 is 0 Å². The van der Waals surface area contributed by atoms with Crippen LogP contribution >= 0.6 is 0 Å². The molecule has 0 aromatic carbocycles. The molecule has 2 aromatic rings. The monoisotopic (exact) mass is 243 g/mol. The van der Waals surface area contributed by atoms with Crippen molar-refractivity contribution < 1.29 is 0 Å². The minimum absolute atomic E-state index is 0.0200. The van der Waals surface area contributed by atoms with Gasteiger partial charge in [0.15, 0.2) is 0 Å². The van der Waals surface area contributed by atoms with Gasteiger partial charge in [-0.3, -0.25) is 9.78 Å².